The predicted molar refractivity (Wildman–Crippen MR) is 75.6 cm³/mol. The van der Waals surface area contributed by atoms with Crippen molar-refractivity contribution in [1.82, 2.24) is 24.5 Å². The monoisotopic (exact) mass is 290 g/mol. The van der Waals surface area contributed by atoms with Gasteiger partial charge in [0, 0.05) is 31.8 Å². The van der Waals surface area contributed by atoms with Crippen molar-refractivity contribution < 1.29 is 9.47 Å². The van der Waals surface area contributed by atoms with E-state index in [2.05, 4.69) is 25.3 Å². The molecular weight excluding hydrogens is 272 g/mol. The SMILES string of the molecule is CCNc1nc(OC2CCOCC2)nc(-n2ccnc2)n1. The molecule has 1 aliphatic heterocycles. The molecule has 2 aromatic rings. The minimum atomic E-state index is 0.0891. The van der Waals surface area contributed by atoms with Crippen LogP contribution in [0.1, 0.15) is 19.8 Å². The molecule has 1 fully saturated rings. The van der Waals surface area contributed by atoms with Gasteiger partial charge in [0.1, 0.15) is 12.4 Å². The molecule has 0 aliphatic carbocycles. The molecule has 0 radical (unpaired) electrons. The van der Waals surface area contributed by atoms with Gasteiger partial charge in [-0.1, -0.05) is 0 Å². The Morgan fingerprint density at radius 3 is 2.90 bits per heavy atom. The first kappa shape index (κ1) is 13.7. The summed E-state index contributed by atoms with van der Waals surface area (Å²) in [5.41, 5.74) is 0. The zero-order valence-corrected chi connectivity index (χ0v) is 11.9. The molecule has 0 atom stereocenters. The van der Waals surface area contributed by atoms with Crippen LogP contribution in [0.3, 0.4) is 0 Å². The Kier molecular flexibility index (Phi) is 4.25. The molecule has 8 heteroatoms. The summed E-state index contributed by atoms with van der Waals surface area (Å²) in [5, 5.41) is 3.09. The maximum Gasteiger partial charge on any atom is 0.323 e. The lowest BCUT2D eigenvalue weighted by Crippen LogP contribution is -2.27. The molecule has 8 nitrogen and oxygen atoms in total. The van der Waals surface area contributed by atoms with Gasteiger partial charge in [-0.15, -0.1) is 0 Å². The van der Waals surface area contributed by atoms with Crippen molar-refractivity contribution in [2.75, 3.05) is 25.1 Å². The topological polar surface area (TPSA) is 87.0 Å². The second kappa shape index (κ2) is 6.49. The second-order valence-corrected chi connectivity index (χ2v) is 4.67. The van der Waals surface area contributed by atoms with Gasteiger partial charge < -0.3 is 14.8 Å². The standard InChI is InChI=1S/C13H18N6O2/c1-2-15-11-16-12(19-6-5-14-9-19)18-13(17-11)21-10-3-7-20-8-4-10/h5-6,9-10H,2-4,7-8H2,1H3,(H,15,16,17,18). The summed E-state index contributed by atoms with van der Waals surface area (Å²) in [4.78, 5) is 17.0. The van der Waals surface area contributed by atoms with Crippen molar-refractivity contribution in [1.29, 1.82) is 0 Å². The minimum Gasteiger partial charge on any atom is -0.460 e. The van der Waals surface area contributed by atoms with Crippen LogP contribution in [0.15, 0.2) is 18.7 Å². The Hall–Kier alpha value is -2.22. The van der Waals surface area contributed by atoms with E-state index in [1.54, 1.807) is 23.3 Å². The van der Waals surface area contributed by atoms with E-state index in [0.717, 1.165) is 19.4 Å². The number of aromatic nitrogens is 5. The molecule has 3 rings (SSSR count). The van der Waals surface area contributed by atoms with Crippen LogP contribution in [-0.4, -0.2) is 50.4 Å². The fourth-order valence-electron chi connectivity index (χ4n) is 2.07. The average molecular weight is 290 g/mol. The molecule has 0 spiro atoms. The van der Waals surface area contributed by atoms with E-state index in [1.807, 2.05) is 6.92 Å². The lowest BCUT2D eigenvalue weighted by molar-refractivity contribution is 0.0217. The van der Waals surface area contributed by atoms with Gasteiger partial charge in [0.15, 0.2) is 0 Å². The quantitative estimate of drug-likeness (QED) is 0.880. The van der Waals surface area contributed by atoms with Gasteiger partial charge >= 0.3 is 6.01 Å². The van der Waals surface area contributed by atoms with E-state index in [1.165, 1.54) is 0 Å². The van der Waals surface area contributed by atoms with E-state index in [-0.39, 0.29) is 6.10 Å². The van der Waals surface area contributed by atoms with Crippen molar-refractivity contribution in [3.63, 3.8) is 0 Å². The van der Waals surface area contributed by atoms with Gasteiger partial charge in [-0.2, -0.15) is 15.0 Å². The summed E-state index contributed by atoms with van der Waals surface area (Å²) in [6.45, 7) is 4.14. The van der Waals surface area contributed by atoms with Gasteiger partial charge in [-0.25, -0.2) is 4.98 Å². The van der Waals surface area contributed by atoms with Crippen LogP contribution in [0.5, 0.6) is 6.01 Å². The lowest BCUT2D eigenvalue weighted by Gasteiger charge is -2.22. The summed E-state index contributed by atoms with van der Waals surface area (Å²) in [6.07, 6.45) is 6.89. The molecule has 2 aromatic heterocycles. The molecule has 1 saturated heterocycles. The van der Waals surface area contributed by atoms with Crippen molar-refractivity contribution in [2.24, 2.45) is 0 Å². The Bertz CT molecular complexity index is 568. The number of hydrogen-bond acceptors (Lipinski definition) is 7. The summed E-state index contributed by atoms with van der Waals surface area (Å²) in [6, 6.07) is 0.330. The Balaban J connectivity index is 1.84. The molecule has 0 unspecified atom stereocenters. The molecule has 0 aromatic carbocycles. The van der Waals surface area contributed by atoms with Gasteiger partial charge in [-0.3, -0.25) is 4.57 Å². The van der Waals surface area contributed by atoms with Gasteiger partial charge in [0.25, 0.3) is 0 Å². The zero-order chi connectivity index (χ0) is 14.5. The van der Waals surface area contributed by atoms with Crippen LogP contribution in [0.4, 0.5) is 5.95 Å². The number of anilines is 1. The first-order valence-electron chi connectivity index (χ1n) is 7.08. The first-order valence-corrected chi connectivity index (χ1v) is 7.08. The second-order valence-electron chi connectivity index (χ2n) is 4.67. The highest BCUT2D eigenvalue weighted by Crippen LogP contribution is 2.16. The normalized spacial score (nSPS) is 15.9. The third-order valence-corrected chi connectivity index (χ3v) is 3.11. The first-order chi connectivity index (χ1) is 10.3. The molecule has 3 heterocycles. The molecule has 0 bridgehead atoms. The minimum absolute atomic E-state index is 0.0891. The fraction of sp³-hybridized carbons (Fsp3) is 0.538. The van der Waals surface area contributed by atoms with Crippen LogP contribution in [0.25, 0.3) is 5.95 Å². The van der Waals surface area contributed by atoms with E-state index < -0.39 is 0 Å². The molecule has 112 valence electrons. The molecular formula is C13H18N6O2. The van der Waals surface area contributed by atoms with Crippen LogP contribution in [0.2, 0.25) is 0 Å². The van der Waals surface area contributed by atoms with Gasteiger partial charge in [0.2, 0.25) is 11.9 Å². The van der Waals surface area contributed by atoms with E-state index >= 15 is 0 Å². The number of nitrogens with one attached hydrogen (secondary N) is 1. The van der Waals surface area contributed by atoms with Crippen LogP contribution in [0, 0.1) is 0 Å². The summed E-state index contributed by atoms with van der Waals surface area (Å²) in [5.74, 6) is 0.985. The van der Waals surface area contributed by atoms with E-state index in [4.69, 9.17) is 9.47 Å². The van der Waals surface area contributed by atoms with Crippen molar-refractivity contribution >= 4 is 5.95 Å². The van der Waals surface area contributed by atoms with E-state index in [9.17, 15) is 0 Å². The van der Waals surface area contributed by atoms with Crippen molar-refractivity contribution in [2.45, 2.75) is 25.9 Å². The molecule has 1 aliphatic rings. The zero-order valence-electron chi connectivity index (χ0n) is 11.9. The number of hydrogen-bond donors (Lipinski definition) is 1. The lowest BCUT2D eigenvalue weighted by atomic mass is 10.2. The summed E-state index contributed by atoms with van der Waals surface area (Å²) >= 11 is 0. The highest BCUT2D eigenvalue weighted by Gasteiger charge is 2.18. The van der Waals surface area contributed by atoms with Crippen LogP contribution in [-0.2, 0) is 4.74 Å². The third kappa shape index (κ3) is 3.46. The Labute approximate surface area is 122 Å². The molecule has 21 heavy (non-hydrogen) atoms. The highest BCUT2D eigenvalue weighted by atomic mass is 16.5. The fourth-order valence-corrected chi connectivity index (χ4v) is 2.07. The van der Waals surface area contributed by atoms with Crippen LogP contribution < -0.4 is 10.1 Å². The van der Waals surface area contributed by atoms with Crippen molar-refractivity contribution in [3.05, 3.63) is 18.7 Å². The summed E-state index contributed by atoms with van der Waals surface area (Å²) < 4.78 is 12.9. The number of nitrogens with zero attached hydrogens (tertiary/aromatic N) is 5. The van der Waals surface area contributed by atoms with E-state index in [0.29, 0.717) is 31.1 Å². The molecule has 1 N–H and O–H groups in total. The average Bonchev–Trinajstić information content (AvgIpc) is 3.03. The van der Waals surface area contributed by atoms with Crippen molar-refractivity contribution in [3.8, 4) is 12.0 Å². The van der Waals surface area contributed by atoms with Crippen LogP contribution >= 0.6 is 0 Å². The number of imidazole rings is 1. The Morgan fingerprint density at radius 1 is 1.33 bits per heavy atom. The maximum absolute atomic E-state index is 5.87. The third-order valence-electron chi connectivity index (χ3n) is 3.11. The smallest absolute Gasteiger partial charge is 0.323 e. The molecule has 0 saturated carbocycles. The van der Waals surface area contributed by atoms with Gasteiger partial charge in [0.05, 0.1) is 13.2 Å². The maximum atomic E-state index is 5.87. The largest absolute Gasteiger partial charge is 0.460 e. The number of ether oxygens (including phenoxy) is 2. The number of rotatable bonds is 5. The predicted octanol–water partition coefficient (Wildman–Crippen LogP) is 1.05. The molecule has 0 amide bonds. The Morgan fingerprint density at radius 2 is 2.19 bits per heavy atom. The highest BCUT2D eigenvalue weighted by molar-refractivity contribution is 5.30. The van der Waals surface area contributed by atoms with Gasteiger partial charge in [-0.05, 0) is 6.92 Å². The summed E-state index contributed by atoms with van der Waals surface area (Å²) in [7, 11) is 0.